The number of hydrogen-bond donors (Lipinski definition) is 1. The molecule has 2 atom stereocenters. The van der Waals surface area contributed by atoms with E-state index in [0.29, 0.717) is 12.5 Å². The van der Waals surface area contributed by atoms with Crippen LogP contribution in [0.25, 0.3) is 0 Å². The van der Waals surface area contributed by atoms with E-state index in [1.54, 1.807) is 0 Å². The molecule has 16 heavy (non-hydrogen) atoms. The summed E-state index contributed by atoms with van der Waals surface area (Å²) in [6.07, 6.45) is 1.09. The summed E-state index contributed by atoms with van der Waals surface area (Å²) in [5, 5.41) is 9.95. The minimum Gasteiger partial charge on any atom is -0.467 e. The molecule has 0 spiro atoms. The Morgan fingerprint density at radius 2 is 2.06 bits per heavy atom. The summed E-state index contributed by atoms with van der Waals surface area (Å²) in [4.78, 5) is 13.4. The summed E-state index contributed by atoms with van der Waals surface area (Å²) in [5.41, 5.74) is -1.42. The van der Waals surface area contributed by atoms with Gasteiger partial charge in [-0.3, -0.25) is 4.90 Å². The lowest BCUT2D eigenvalue weighted by Crippen LogP contribution is -2.48. The second-order valence-corrected chi connectivity index (χ2v) is 4.61. The molecule has 2 unspecified atom stereocenters. The van der Waals surface area contributed by atoms with Crippen LogP contribution in [0.5, 0.6) is 0 Å². The van der Waals surface area contributed by atoms with Crippen LogP contribution in [-0.4, -0.2) is 48.3 Å². The predicted octanol–water partition coefficient (Wildman–Crippen LogP) is 1.28. The van der Waals surface area contributed by atoms with Gasteiger partial charge in [0.25, 0.3) is 0 Å². The quantitative estimate of drug-likeness (QED) is 0.671. The Bertz CT molecular complexity index is 216. The number of ether oxygens (including phenoxy) is 1. The number of carbonyl (C=O) groups excluding carboxylic acids is 1. The summed E-state index contributed by atoms with van der Waals surface area (Å²) in [6, 6.07) is 0. The molecule has 0 fully saturated rings. The molecule has 0 aliphatic heterocycles. The number of carbonyl (C=O) groups is 1. The maximum absolute atomic E-state index is 11.3. The average molecular weight is 231 g/mol. The van der Waals surface area contributed by atoms with Crippen LogP contribution in [0.4, 0.5) is 0 Å². The van der Waals surface area contributed by atoms with E-state index >= 15 is 0 Å². The first-order valence-electron chi connectivity index (χ1n) is 5.90. The van der Waals surface area contributed by atoms with Crippen molar-refractivity contribution in [3.8, 4) is 0 Å². The summed E-state index contributed by atoms with van der Waals surface area (Å²) in [6.45, 7) is 9.85. The van der Waals surface area contributed by atoms with Crippen molar-refractivity contribution in [1.82, 2.24) is 4.90 Å². The van der Waals surface area contributed by atoms with Crippen molar-refractivity contribution in [3.05, 3.63) is 0 Å². The highest BCUT2D eigenvalue weighted by Crippen LogP contribution is 2.11. The molecule has 0 aliphatic rings. The van der Waals surface area contributed by atoms with E-state index in [1.165, 1.54) is 14.0 Å². The maximum atomic E-state index is 11.3. The molecule has 0 rings (SSSR count). The molecule has 4 nitrogen and oxygen atoms in total. The summed E-state index contributed by atoms with van der Waals surface area (Å²) >= 11 is 0. The molecule has 1 N–H and O–H groups in total. The molecule has 0 bridgehead atoms. The van der Waals surface area contributed by atoms with Crippen LogP contribution in [-0.2, 0) is 9.53 Å². The lowest BCUT2D eigenvalue weighted by Gasteiger charge is -2.30. The van der Waals surface area contributed by atoms with Gasteiger partial charge in [0.1, 0.15) is 0 Å². The number of rotatable bonds is 7. The average Bonchev–Trinajstić information content (AvgIpc) is 2.26. The van der Waals surface area contributed by atoms with Gasteiger partial charge in [0.2, 0.25) is 0 Å². The maximum Gasteiger partial charge on any atom is 0.338 e. The third-order valence-electron chi connectivity index (χ3n) is 2.87. The highest BCUT2D eigenvalue weighted by molar-refractivity contribution is 5.78. The molecule has 0 saturated heterocycles. The Morgan fingerprint density at radius 1 is 1.50 bits per heavy atom. The Balaban J connectivity index is 4.35. The third kappa shape index (κ3) is 4.94. The molecular weight excluding hydrogens is 206 g/mol. The Morgan fingerprint density at radius 3 is 2.44 bits per heavy atom. The topological polar surface area (TPSA) is 49.8 Å². The minimum atomic E-state index is -1.42. The van der Waals surface area contributed by atoms with Gasteiger partial charge in [-0.2, -0.15) is 0 Å². The normalized spacial score (nSPS) is 16.9. The number of likely N-dealkylation sites (N-methyl/N-ethyl adjacent to an activating group) is 1. The van der Waals surface area contributed by atoms with Gasteiger partial charge >= 0.3 is 5.97 Å². The van der Waals surface area contributed by atoms with Gasteiger partial charge in [-0.1, -0.05) is 27.2 Å². The van der Waals surface area contributed by atoms with E-state index in [-0.39, 0.29) is 0 Å². The second-order valence-electron chi connectivity index (χ2n) is 4.61. The van der Waals surface area contributed by atoms with Crippen molar-refractivity contribution < 1.29 is 14.6 Å². The van der Waals surface area contributed by atoms with Crippen LogP contribution in [0, 0.1) is 5.92 Å². The molecule has 0 aromatic heterocycles. The van der Waals surface area contributed by atoms with E-state index in [2.05, 4.69) is 23.5 Å². The number of esters is 1. The predicted molar refractivity (Wildman–Crippen MR) is 64.2 cm³/mol. The van der Waals surface area contributed by atoms with E-state index in [1.807, 2.05) is 6.92 Å². The highest BCUT2D eigenvalue weighted by atomic mass is 16.5. The lowest BCUT2D eigenvalue weighted by atomic mass is 10.0. The van der Waals surface area contributed by atoms with Crippen LogP contribution in [0.15, 0.2) is 0 Å². The van der Waals surface area contributed by atoms with Gasteiger partial charge in [-0.05, 0) is 19.4 Å². The van der Waals surface area contributed by atoms with Crippen LogP contribution in [0.1, 0.15) is 34.1 Å². The Labute approximate surface area is 98.6 Å². The molecule has 96 valence electrons. The largest absolute Gasteiger partial charge is 0.467 e. The fourth-order valence-electron chi connectivity index (χ4n) is 1.60. The van der Waals surface area contributed by atoms with Crippen molar-refractivity contribution in [1.29, 1.82) is 0 Å². The zero-order valence-electron chi connectivity index (χ0n) is 11.1. The van der Waals surface area contributed by atoms with Gasteiger partial charge in [0, 0.05) is 13.1 Å². The molecule has 0 aliphatic carbocycles. The summed E-state index contributed by atoms with van der Waals surface area (Å²) < 4.78 is 4.58. The van der Waals surface area contributed by atoms with Crippen LogP contribution in [0.2, 0.25) is 0 Å². The van der Waals surface area contributed by atoms with Crippen molar-refractivity contribution >= 4 is 5.97 Å². The number of nitrogens with zero attached hydrogens (tertiary/aromatic N) is 1. The van der Waals surface area contributed by atoms with Gasteiger partial charge < -0.3 is 9.84 Å². The molecule has 0 amide bonds. The Kier molecular flexibility index (Phi) is 6.60. The summed E-state index contributed by atoms with van der Waals surface area (Å²) in [7, 11) is 1.29. The van der Waals surface area contributed by atoms with Gasteiger partial charge in [-0.15, -0.1) is 0 Å². The van der Waals surface area contributed by atoms with E-state index < -0.39 is 11.6 Å². The lowest BCUT2D eigenvalue weighted by molar-refractivity contribution is -0.162. The minimum absolute atomic E-state index is 0.320. The summed E-state index contributed by atoms with van der Waals surface area (Å²) in [5.74, 6) is -0.0106. The van der Waals surface area contributed by atoms with Crippen molar-refractivity contribution in [3.63, 3.8) is 0 Å². The SMILES string of the molecule is CCC(C)CN(CC)CC(C)(O)C(=O)OC. The molecule has 0 saturated carbocycles. The molecule has 4 heteroatoms. The molecule has 0 aromatic rings. The first-order chi connectivity index (χ1) is 7.37. The number of methoxy groups -OCH3 is 1. The molecular formula is C12H25NO3. The van der Waals surface area contributed by atoms with Gasteiger partial charge in [0.15, 0.2) is 5.60 Å². The van der Waals surface area contributed by atoms with Crippen LogP contribution in [0.3, 0.4) is 0 Å². The fraction of sp³-hybridized carbons (Fsp3) is 0.917. The van der Waals surface area contributed by atoms with Crippen LogP contribution >= 0.6 is 0 Å². The second kappa shape index (κ2) is 6.86. The van der Waals surface area contributed by atoms with E-state index in [9.17, 15) is 9.90 Å². The highest BCUT2D eigenvalue weighted by Gasteiger charge is 2.33. The number of hydrogen-bond acceptors (Lipinski definition) is 4. The van der Waals surface area contributed by atoms with Gasteiger partial charge in [-0.25, -0.2) is 4.79 Å². The smallest absolute Gasteiger partial charge is 0.338 e. The van der Waals surface area contributed by atoms with Crippen molar-refractivity contribution in [2.45, 2.75) is 39.7 Å². The standard InChI is InChI=1S/C12H25NO3/c1-6-10(3)8-13(7-2)9-12(4,15)11(14)16-5/h10,15H,6-9H2,1-5H3. The van der Waals surface area contributed by atoms with Crippen LogP contribution < -0.4 is 0 Å². The van der Waals surface area contributed by atoms with Gasteiger partial charge in [0.05, 0.1) is 7.11 Å². The molecule has 0 radical (unpaired) electrons. The molecule has 0 heterocycles. The number of aliphatic hydroxyl groups is 1. The zero-order valence-corrected chi connectivity index (χ0v) is 11.1. The zero-order chi connectivity index (χ0) is 12.8. The van der Waals surface area contributed by atoms with Crippen molar-refractivity contribution in [2.24, 2.45) is 5.92 Å². The third-order valence-corrected chi connectivity index (χ3v) is 2.87. The van der Waals surface area contributed by atoms with E-state index in [4.69, 9.17) is 0 Å². The first kappa shape index (κ1) is 15.4. The van der Waals surface area contributed by atoms with Crippen molar-refractivity contribution in [2.75, 3.05) is 26.7 Å². The first-order valence-corrected chi connectivity index (χ1v) is 5.90. The fourth-order valence-corrected chi connectivity index (χ4v) is 1.60. The molecule has 0 aromatic carbocycles. The Hall–Kier alpha value is -0.610. The van der Waals surface area contributed by atoms with E-state index in [0.717, 1.165) is 19.5 Å². The monoisotopic (exact) mass is 231 g/mol.